The van der Waals surface area contributed by atoms with Crippen molar-refractivity contribution in [2.24, 2.45) is 0 Å². The molecule has 7 N–H and O–H groups in total. The van der Waals surface area contributed by atoms with Crippen LogP contribution in [-0.2, 0) is 24.2 Å². The van der Waals surface area contributed by atoms with Gasteiger partial charge in [-0.3, -0.25) is 0 Å². The van der Waals surface area contributed by atoms with Crippen LogP contribution in [0.5, 0.6) is 0 Å². The van der Waals surface area contributed by atoms with Crippen LogP contribution in [0.25, 0.3) is 10.9 Å². The molecule has 0 spiro atoms. The van der Waals surface area contributed by atoms with Crippen molar-refractivity contribution in [3.05, 3.63) is 59.2 Å². The fourth-order valence-electron chi connectivity index (χ4n) is 3.69. The molecule has 0 saturated heterocycles. The Labute approximate surface area is 220 Å². The van der Waals surface area contributed by atoms with E-state index in [0.717, 1.165) is 34.9 Å². The molecular weight excluding hydrogens is 445 g/mol. The van der Waals surface area contributed by atoms with Crippen LogP contribution in [0.15, 0.2) is 42.5 Å². The normalized spacial score (nSPS) is 12.8. The Kier molecular flexibility index (Phi) is 11.2. The molecule has 3 aromatic rings. The second kappa shape index (κ2) is 13.6. The first-order chi connectivity index (χ1) is 15.8. The average molecular weight is 476 g/mol. The van der Waals surface area contributed by atoms with Crippen molar-refractivity contribution >= 4 is 28.6 Å². The number of hydrogen-bond acceptors (Lipinski definition) is 9. The van der Waals surface area contributed by atoms with E-state index in [-0.39, 0.29) is 41.9 Å². The molecule has 0 aliphatic heterocycles. The monoisotopic (exact) mass is 475 g/mol. The fraction of sp³-hybridized carbons (Fsp3) is 0.375. The SMILES string of the molecule is Nc1nc(N)c2cc(CCc3ccc(CNCCC(O)CC(O)CC(=O)[O-])cc3)ccc2n1.[Na+]. The van der Waals surface area contributed by atoms with Crippen LogP contribution < -0.4 is 51.4 Å². The van der Waals surface area contributed by atoms with E-state index in [1.165, 1.54) is 5.56 Å². The standard InChI is InChI=1S/C24H31N5O4.Na/c25-23-20-11-16(7-8-21(20)28-24(26)29-23)4-1-15-2-5-17(6-3-15)14-27-10-9-18(30)12-19(31)13-22(32)33;/h2-3,5-8,11,18-19,27,30-31H,1,4,9-10,12-14H2,(H,32,33)(H4,25,26,28,29);/q;+1/p-1. The number of aliphatic hydroxyl groups is 2. The Morgan fingerprint density at radius 3 is 2.32 bits per heavy atom. The van der Waals surface area contributed by atoms with Gasteiger partial charge in [0.25, 0.3) is 0 Å². The number of aromatic nitrogens is 2. The molecule has 2 atom stereocenters. The molecule has 2 unspecified atom stereocenters. The number of aliphatic carboxylic acids is 1. The van der Waals surface area contributed by atoms with Gasteiger partial charge >= 0.3 is 29.6 Å². The van der Waals surface area contributed by atoms with Crippen LogP contribution in [0.4, 0.5) is 11.8 Å². The predicted molar refractivity (Wildman–Crippen MR) is 125 cm³/mol. The quantitative estimate of drug-likeness (QED) is 0.138. The minimum Gasteiger partial charge on any atom is -0.550 e. The third-order valence-corrected chi connectivity index (χ3v) is 5.46. The third kappa shape index (κ3) is 8.83. The number of benzene rings is 2. The van der Waals surface area contributed by atoms with Crippen LogP contribution in [0.1, 0.15) is 36.0 Å². The summed E-state index contributed by atoms with van der Waals surface area (Å²) >= 11 is 0. The van der Waals surface area contributed by atoms with Crippen molar-refractivity contribution in [1.29, 1.82) is 0 Å². The molecule has 0 aliphatic rings. The van der Waals surface area contributed by atoms with Crippen LogP contribution >= 0.6 is 0 Å². The van der Waals surface area contributed by atoms with Gasteiger partial charge in [0.15, 0.2) is 0 Å². The maximum Gasteiger partial charge on any atom is 1.00 e. The molecule has 1 heterocycles. The Balaban J connectivity index is 0.00000408. The van der Waals surface area contributed by atoms with Gasteiger partial charge < -0.3 is 36.9 Å². The van der Waals surface area contributed by atoms with E-state index in [0.29, 0.717) is 25.3 Å². The molecular formula is C24H30N5NaO4. The molecule has 0 amide bonds. The minimum absolute atomic E-state index is 0. The number of hydrogen-bond donors (Lipinski definition) is 5. The molecule has 2 aromatic carbocycles. The maximum atomic E-state index is 10.4. The number of nitrogens with zero attached hydrogens (tertiary/aromatic N) is 2. The molecule has 34 heavy (non-hydrogen) atoms. The summed E-state index contributed by atoms with van der Waals surface area (Å²) in [6, 6.07) is 14.3. The van der Waals surface area contributed by atoms with E-state index in [2.05, 4.69) is 39.6 Å². The summed E-state index contributed by atoms with van der Waals surface area (Å²) < 4.78 is 0. The van der Waals surface area contributed by atoms with Gasteiger partial charge in [0.1, 0.15) is 5.82 Å². The zero-order chi connectivity index (χ0) is 23.8. The van der Waals surface area contributed by atoms with Crippen LogP contribution in [0.3, 0.4) is 0 Å². The van der Waals surface area contributed by atoms with E-state index < -0.39 is 24.6 Å². The fourth-order valence-corrected chi connectivity index (χ4v) is 3.69. The average Bonchev–Trinajstić information content (AvgIpc) is 2.75. The van der Waals surface area contributed by atoms with Gasteiger partial charge in [-0.1, -0.05) is 30.3 Å². The number of nitrogen functional groups attached to an aromatic ring is 2. The number of carbonyl (C=O) groups is 1. The zero-order valence-corrected chi connectivity index (χ0v) is 21.4. The van der Waals surface area contributed by atoms with Crippen LogP contribution in [-0.4, -0.2) is 44.9 Å². The minimum atomic E-state index is -1.32. The number of aliphatic hydroxyl groups excluding tert-OH is 2. The molecule has 1 aromatic heterocycles. The number of rotatable bonds is 12. The number of fused-ring (bicyclic) bond motifs is 1. The van der Waals surface area contributed by atoms with Crippen molar-refractivity contribution in [2.75, 3.05) is 18.0 Å². The van der Waals surface area contributed by atoms with E-state index >= 15 is 0 Å². The second-order valence-electron chi connectivity index (χ2n) is 8.22. The maximum absolute atomic E-state index is 10.4. The van der Waals surface area contributed by atoms with Gasteiger partial charge in [-0.05, 0) is 61.1 Å². The van der Waals surface area contributed by atoms with Crippen molar-refractivity contribution in [3.63, 3.8) is 0 Å². The van der Waals surface area contributed by atoms with E-state index in [1.54, 1.807) is 0 Å². The van der Waals surface area contributed by atoms with Gasteiger partial charge in [-0.15, -0.1) is 0 Å². The summed E-state index contributed by atoms with van der Waals surface area (Å²) in [7, 11) is 0. The number of carbonyl (C=O) groups excluding carboxylic acids is 1. The van der Waals surface area contributed by atoms with Crippen molar-refractivity contribution in [1.82, 2.24) is 15.3 Å². The topological polar surface area (TPSA) is 170 Å². The smallest absolute Gasteiger partial charge is 0.550 e. The predicted octanol–water partition coefficient (Wildman–Crippen LogP) is -2.68. The Morgan fingerprint density at radius 1 is 0.971 bits per heavy atom. The summed E-state index contributed by atoms with van der Waals surface area (Å²) in [5.41, 5.74) is 15.8. The summed E-state index contributed by atoms with van der Waals surface area (Å²) in [6.45, 7) is 1.21. The Morgan fingerprint density at radius 2 is 1.62 bits per heavy atom. The molecule has 176 valence electrons. The summed E-state index contributed by atoms with van der Waals surface area (Å²) in [5, 5.41) is 33.9. The van der Waals surface area contributed by atoms with E-state index in [9.17, 15) is 20.1 Å². The molecule has 0 aliphatic carbocycles. The van der Waals surface area contributed by atoms with Gasteiger partial charge in [-0.25, -0.2) is 4.98 Å². The van der Waals surface area contributed by atoms with Gasteiger partial charge in [0.05, 0.1) is 17.7 Å². The summed E-state index contributed by atoms with van der Waals surface area (Å²) in [4.78, 5) is 18.7. The first-order valence-electron chi connectivity index (χ1n) is 11.0. The number of nitrogens with one attached hydrogen (secondary N) is 1. The molecule has 9 nitrogen and oxygen atoms in total. The van der Waals surface area contributed by atoms with E-state index in [1.807, 2.05) is 18.2 Å². The Bertz CT molecular complexity index is 1080. The first kappa shape index (κ1) is 28.0. The van der Waals surface area contributed by atoms with Crippen LogP contribution in [0, 0.1) is 0 Å². The summed E-state index contributed by atoms with van der Waals surface area (Å²) in [5.74, 6) is -0.762. The van der Waals surface area contributed by atoms with Crippen molar-refractivity contribution in [3.8, 4) is 0 Å². The number of nitrogens with two attached hydrogens (primary N) is 2. The number of anilines is 2. The molecule has 3 rings (SSSR count). The van der Waals surface area contributed by atoms with Crippen molar-refractivity contribution in [2.45, 2.75) is 50.9 Å². The van der Waals surface area contributed by atoms with Crippen LogP contribution in [0.2, 0.25) is 0 Å². The van der Waals surface area contributed by atoms with E-state index in [4.69, 9.17) is 11.5 Å². The zero-order valence-electron chi connectivity index (χ0n) is 19.4. The number of aryl methyl sites for hydroxylation is 2. The van der Waals surface area contributed by atoms with Crippen molar-refractivity contribution < 1.29 is 49.7 Å². The van der Waals surface area contributed by atoms with Gasteiger partial charge in [0, 0.05) is 24.3 Å². The summed E-state index contributed by atoms with van der Waals surface area (Å²) in [6.07, 6.45) is -0.116. The van der Waals surface area contributed by atoms with Gasteiger partial charge in [0.2, 0.25) is 5.95 Å². The largest absolute Gasteiger partial charge is 1.00 e. The molecule has 10 heteroatoms. The first-order valence-corrected chi connectivity index (χ1v) is 11.0. The van der Waals surface area contributed by atoms with Gasteiger partial charge in [-0.2, -0.15) is 4.98 Å². The molecule has 0 saturated carbocycles. The molecule has 0 radical (unpaired) electrons. The third-order valence-electron chi connectivity index (χ3n) is 5.46. The number of carboxylic acid groups (broad SMARTS) is 1. The Hall–Kier alpha value is -2.27. The molecule has 0 fully saturated rings. The molecule has 0 bridgehead atoms. The second-order valence-corrected chi connectivity index (χ2v) is 8.22. The number of carboxylic acids is 1.